The highest BCUT2D eigenvalue weighted by atomic mass is 32.2. The smallest absolute Gasteiger partial charge is 0.154 e. The van der Waals surface area contributed by atoms with Crippen LogP contribution in [0.5, 0.6) is 0 Å². The summed E-state index contributed by atoms with van der Waals surface area (Å²) in [6.45, 7) is 5.11. The Kier molecular flexibility index (Phi) is 6.19. The van der Waals surface area contributed by atoms with E-state index in [1.54, 1.807) is 0 Å². The largest absolute Gasteiger partial charge is 0.292 e. The second-order valence-electron chi connectivity index (χ2n) is 8.89. The van der Waals surface area contributed by atoms with E-state index in [4.69, 9.17) is 0 Å². The summed E-state index contributed by atoms with van der Waals surface area (Å²) in [6.07, 6.45) is 1.14. The van der Waals surface area contributed by atoms with Crippen molar-refractivity contribution >= 4 is 9.84 Å². The molecule has 1 aliphatic rings. The lowest BCUT2D eigenvalue weighted by molar-refractivity contribution is 0.0654. The molecule has 0 amide bonds. The average Bonchev–Trinajstić information content (AvgIpc) is 2.67. The molecule has 0 aliphatic carbocycles. The number of nitrogens with zero attached hydrogens (tertiary/aromatic N) is 1. The van der Waals surface area contributed by atoms with Gasteiger partial charge in [0.1, 0.15) is 11.6 Å². The minimum atomic E-state index is -3.56. The molecule has 1 atom stereocenters. The van der Waals surface area contributed by atoms with Gasteiger partial charge in [-0.3, -0.25) is 4.90 Å². The molecule has 1 aliphatic heterocycles. The Morgan fingerprint density at radius 2 is 1.22 bits per heavy atom. The lowest BCUT2D eigenvalue weighted by Crippen LogP contribution is -2.52. The van der Waals surface area contributed by atoms with E-state index >= 15 is 0 Å². The number of halogens is 2. The molecule has 0 saturated carbocycles. The fourth-order valence-electron chi connectivity index (χ4n) is 4.67. The summed E-state index contributed by atoms with van der Waals surface area (Å²) >= 11 is 0. The second-order valence-corrected chi connectivity index (χ2v) is 11.1. The molecule has 1 heterocycles. The third-order valence-corrected chi connectivity index (χ3v) is 7.77. The van der Waals surface area contributed by atoms with E-state index in [-0.39, 0.29) is 17.5 Å². The highest BCUT2D eigenvalue weighted by molar-refractivity contribution is 7.90. The Morgan fingerprint density at radius 1 is 0.781 bits per heavy atom. The summed E-state index contributed by atoms with van der Waals surface area (Å²) in [6, 6.07) is 19.7. The van der Waals surface area contributed by atoms with Crippen LogP contribution in [0.15, 0.2) is 66.7 Å². The monoisotopic (exact) mass is 455 g/mol. The van der Waals surface area contributed by atoms with Crippen LogP contribution < -0.4 is 0 Å². The molecule has 3 nitrogen and oxygen atoms in total. The van der Waals surface area contributed by atoms with Gasteiger partial charge in [-0.15, -0.1) is 0 Å². The van der Waals surface area contributed by atoms with Crippen LogP contribution in [-0.2, 0) is 9.84 Å². The van der Waals surface area contributed by atoms with Gasteiger partial charge < -0.3 is 0 Å². The number of likely N-dealkylation sites (tertiary alicyclic amines) is 1. The van der Waals surface area contributed by atoms with Crippen molar-refractivity contribution in [1.29, 1.82) is 0 Å². The molecule has 0 N–H and O–H groups in total. The van der Waals surface area contributed by atoms with Gasteiger partial charge in [0.2, 0.25) is 0 Å². The molecule has 3 aromatic rings. The van der Waals surface area contributed by atoms with Crippen LogP contribution in [0.4, 0.5) is 8.78 Å². The van der Waals surface area contributed by atoms with Gasteiger partial charge in [-0.25, -0.2) is 17.2 Å². The molecule has 0 bridgehead atoms. The molecule has 1 fully saturated rings. The van der Waals surface area contributed by atoms with Crippen molar-refractivity contribution in [3.05, 3.63) is 106 Å². The zero-order valence-electron chi connectivity index (χ0n) is 18.4. The van der Waals surface area contributed by atoms with E-state index in [2.05, 4.69) is 53.4 Å². The van der Waals surface area contributed by atoms with E-state index in [1.807, 2.05) is 13.8 Å². The van der Waals surface area contributed by atoms with Crippen LogP contribution in [0.25, 0.3) is 0 Å². The number of aryl methyl sites for hydroxylation is 2. The molecule has 1 unspecified atom stereocenters. The van der Waals surface area contributed by atoms with Gasteiger partial charge in [0.25, 0.3) is 0 Å². The topological polar surface area (TPSA) is 37.4 Å². The number of sulfone groups is 1. The SMILES string of the molecule is Cc1ccc(C(c2ccc(C)cc2)N2CC(C(c3cc(F)cc(F)c3)S(C)(=O)=O)C2)cc1. The van der Waals surface area contributed by atoms with Gasteiger partial charge in [-0.2, -0.15) is 0 Å². The third kappa shape index (κ3) is 4.76. The van der Waals surface area contributed by atoms with Gasteiger partial charge in [0.05, 0.1) is 11.3 Å². The number of hydrogen-bond donors (Lipinski definition) is 0. The van der Waals surface area contributed by atoms with Gasteiger partial charge in [-0.1, -0.05) is 59.7 Å². The maximum atomic E-state index is 13.8. The molecule has 0 aromatic heterocycles. The molecular weight excluding hydrogens is 428 g/mol. The van der Waals surface area contributed by atoms with Gasteiger partial charge >= 0.3 is 0 Å². The lowest BCUT2D eigenvalue weighted by Gasteiger charge is -2.47. The molecule has 168 valence electrons. The maximum absolute atomic E-state index is 13.8. The fraction of sp³-hybridized carbons (Fsp3) is 0.308. The molecule has 3 aromatic carbocycles. The summed E-state index contributed by atoms with van der Waals surface area (Å²) in [5.74, 6) is -1.77. The van der Waals surface area contributed by atoms with Crippen LogP contribution in [0, 0.1) is 31.4 Å². The third-order valence-electron chi connectivity index (χ3n) is 6.19. The molecule has 4 rings (SSSR count). The summed E-state index contributed by atoms with van der Waals surface area (Å²) in [4.78, 5) is 2.23. The van der Waals surface area contributed by atoms with Gasteiger partial charge in [0.15, 0.2) is 9.84 Å². The lowest BCUT2D eigenvalue weighted by atomic mass is 9.86. The minimum Gasteiger partial charge on any atom is -0.292 e. The number of hydrogen-bond acceptors (Lipinski definition) is 3. The van der Waals surface area contributed by atoms with Crippen molar-refractivity contribution in [2.24, 2.45) is 5.92 Å². The summed E-state index contributed by atoms with van der Waals surface area (Å²) < 4.78 is 52.9. The standard InChI is InChI=1S/C26H27F2NO2S/c1-17-4-8-19(9-5-17)25(20-10-6-18(2)7-11-20)29-15-22(16-29)26(32(3,30)31)21-12-23(27)14-24(28)13-21/h4-14,22,25-26H,15-16H2,1-3H3. The van der Waals surface area contributed by atoms with Crippen LogP contribution in [0.3, 0.4) is 0 Å². The minimum absolute atomic E-state index is 0.0168. The predicted octanol–water partition coefficient (Wildman–Crippen LogP) is 5.39. The molecular formula is C26H27F2NO2S. The molecule has 0 radical (unpaired) electrons. The van der Waals surface area contributed by atoms with E-state index in [1.165, 1.54) is 11.1 Å². The first-order valence-electron chi connectivity index (χ1n) is 10.6. The normalized spacial score (nSPS) is 16.2. The Bertz CT molecular complexity index is 1140. The van der Waals surface area contributed by atoms with Crippen molar-refractivity contribution in [1.82, 2.24) is 4.90 Å². The van der Waals surface area contributed by atoms with Crippen molar-refractivity contribution in [3.63, 3.8) is 0 Å². The Labute approximate surface area is 188 Å². The first-order valence-corrected chi connectivity index (χ1v) is 12.6. The average molecular weight is 456 g/mol. The maximum Gasteiger partial charge on any atom is 0.154 e. The number of benzene rings is 3. The second kappa shape index (κ2) is 8.75. The molecule has 6 heteroatoms. The van der Waals surface area contributed by atoms with Crippen molar-refractivity contribution in [2.45, 2.75) is 25.1 Å². The Hall–Kier alpha value is -2.57. The van der Waals surface area contributed by atoms with Crippen LogP contribution in [0.2, 0.25) is 0 Å². The van der Waals surface area contributed by atoms with Crippen molar-refractivity contribution < 1.29 is 17.2 Å². The van der Waals surface area contributed by atoms with E-state index in [0.717, 1.165) is 35.6 Å². The highest BCUT2D eigenvalue weighted by Crippen LogP contribution is 2.42. The Morgan fingerprint density at radius 3 is 1.62 bits per heavy atom. The highest BCUT2D eigenvalue weighted by Gasteiger charge is 2.43. The fourth-order valence-corrected chi connectivity index (χ4v) is 6.17. The van der Waals surface area contributed by atoms with Crippen LogP contribution >= 0.6 is 0 Å². The van der Waals surface area contributed by atoms with Crippen LogP contribution in [0.1, 0.15) is 39.1 Å². The zero-order chi connectivity index (χ0) is 23.0. The van der Waals surface area contributed by atoms with Crippen molar-refractivity contribution in [2.75, 3.05) is 19.3 Å². The van der Waals surface area contributed by atoms with E-state index < -0.39 is 26.7 Å². The van der Waals surface area contributed by atoms with Crippen LogP contribution in [-0.4, -0.2) is 32.7 Å². The summed E-state index contributed by atoms with van der Waals surface area (Å²) in [5.41, 5.74) is 4.78. The van der Waals surface area contributed by atoms with Gasteiger partial charge in [0, 0.05) is 31.3 Å². The van der Waals surface area contributed by atoms with Crippen molar-refractivity contribution in [3.8, 4) is 0 Å². The number of rotatable bonds is 6. The first-order chi connectivity index (χ1) is 15.1. The molecule has 0 spiro atoms. The summed E-state index contributed by atoms with van der Waals surface area (Å²) in [5, 5.41) is -0.944. The predicted molar refractivity (Wildman–Crippen MR) is 123 cm³/mol. The quantitative estimate of drug-likeness (QED) is 0.500. The first kappa shape index (κ1) is 22.6. The molecule has 32 heavy (non-hydrogen) atoms. The summed E-state index contributed by atoms with van der Waals surface area (Å²) in [7, 11) is -3.56. The van der Waals surface area contributed by atoms with E-state index in [9.17, 15) is 17.2 Å². The Balaban J connectivity index is 1.64. The van der Waals surface area contributed by atoms with Gasteiger partial charge in [-0.05, 0) is 42.7 Å². The zero-order valence-corrected chi connectivity index (χ0v) is 19.2. The molecule has 1 saturated heterocycles. The van der Waals surface area contributed by atoms with E-state index in [0.29, 0.717) is 13.1 Å².